The third kappa shape index (κ3) is 46.9. The van der Waals surface area contributed by atoms with Gasteiger partial charge in [0, 0.05) is 12.8 Å². The molecule has 0 rings (SSSR count). The second-order valence-corrected chi connectivity index (χ2v) is 18.9. The van der Waals surface area contributed by atoms with E-state index in [1.165, 1.54) is 77.0 Å². The normalized spacial score (nSPS) is 14.1. The van der Waals surface area contributed by atoms with Gasteiger partial charge in [-0.05, 0) is 64.2 Å². The van der Waals surface area contributed by atoms with Gasteiger partial charge in [0.1, 0.15) is 19.8 Å². The molecule has 0 amide bonds. The fourth-order valence-corrected chi connectivity index (χ4v) is 7.17. The Morgan fingerprint density at radius 2 is 0.919 bits per heavy atom. The highest BCUT2D eigenvalue weighted by molar-refractivity contribution is 7.47. The second-order valence-electron chi connectivity index (χ2n) is 17.5. The fraction of sp³-hybridized carbons (Fsp3) is 0.731. The van der Waals surface area contributed by atoms with Crippen molar-refractivity contribution < 1.29 is 42.1 Å². The molecular formula is C52H93NO8P+. The molecule has 0 saturated heterocycles. The number of quaternary nitrogens is 1. The number of likely N-dealkylation sites (N-methyl/N-ethyl adjacent to an activating group) is 1. The van der Waals surface area contributed by atoms with Crippen molar-refractivity contribution in [1.29, 1.82) is 0 Å². The topological polar surface area (TPSA) is 108 Å². The minimum Gasteiger partial charge on any atom is -0.462 e. The lowest BCUT2D eigenvalue weighted by Gasteiger charge is -2.24. The molecule has 0 radical (unpaired) electrons. The molecule has 358 valence electrons. The average molecular weight is 891 g/mol. The number of esters is 2. The van der Waals surface area contributed by atoms with Gasteiger partial charge in [0.15, 0.2) is 6.10 Å². The van der Waals surface area contributed by atoms with E-state index in [0.717, 1.165) is 83.5 Å². The monoisotopic (exact) mass is 891 g/mol. The molecule has 0 aromatic rings. The number of carbonyl (C=O) groups is 2. The summed E-state index contributed by atoms with van der Waals surface area (Å²) in [6.07, 6.45) is 55.3. The number of hydrogen-bond donors (Lipinski definition) is 1. The van der Waals surface area contributed by atoms with E-state index in [1.54, 1.807) is 0 Å². The van der Waals surface area contributed by atoms with Gasteiger partial charge in [-0.2, -0.15) is 0 Å². The van der Waals surface area contributed by atoms with Gasteiger partial charge in [0.2, 0.25) is 0 Å². The molecule has 2 unspecified atom stereocenters. The van der Waals surface area contributed by atoms with Crippen molar-refractivity contribution >= 4 is 19.8 Å². The summed E-state index contributed by atoms with van der Waals surface area (Å²) in [6, 6.07) is 0. The fourth-order valence-electron chi connectivity index (χ4n) is 6.43. The predicted octanol–water partition coefficient (Wildman–Crippen LogP) is 14.6. The van der Waals surface area contributed by atoms with E-state index in [-0.39, 0.29) is 32.0 Å². The maximum absolute atomic E-state index is 12.7. The summed E-state index contributed by atoms with van der Waals surface area (Å²) in [4.78, 5) is 35.4. The van der Waals surface area contributed by atoms with Gasteiger partial charge in [0.05, 0.1) is 27.7 Å². The van der Waals surface area contributed by atoms with Crippen LogP contribution in [0.4, 0.5) is 0 Å². The summed E-state index contributed by atoms with van der Waals surface area (Å²) in [5.41, 5.74) is 0. The summed E-state index contributed by atoms with van der Waals surface area (Å²) in [5, 5.41) is 0. The molecule has 0 aliphatic heterocycles. The Hall–Kier alpha value is -2.55. The number of hydrogen-bond acceptors (Lipinski definition) is 7. The standard InChI is InChI=1S/C52H92NO8P/c1-6-8-10-12-14-16-18-19-20-21-22-23-24-25-26-27-28-29-30-31-32-33-35-37-39-41-43-45-52(55)61-50(49-60-62(56,57)59-47-46-53(3,4)5)48-58-51(54)44-42-40-38-36-34-17-15-13-11-9-7-2/h8,10,14,16,19-20,22-23,25-26,28-29,50H,6-7,9,11-13,15,17-18,21,24,27,30-49H2,1-5H3/p+1/b10-8-,16-14-,20-19-,23-22-,26-25-,29-28-. The molecule has 10 heteroatoms. The molecule has 1 N–H and O–H groups in total. The smallest absolute Gasteiger partial charge is 0.462 e. The van der Waals surface area contributed by atoms with Crippen LogP contribution < -0.4 is 0 Å². The number of nitrogens with zero attached hydrogens (tertiary/aromatic N) is 1. The Bertz CT molecular complexity index is 1280. The molecular weight excluding hydrogens is 798 g/mol. The maximum Gasteiger partial charge on any atom is 0.472 e. The number of phosphoric acid groups is 1. The number of rotatable bonds is 44. The van der Waals surface area contributed by atoms with Crippen molar-refractivity contribution in [3.63, 3.8) is 0 Å². The molecule has 62 heavy (non-hydrogen) atoms. The highest BCUT2D eigenvalue weighted by Gasteiger charge is 2.27. The van der Waals surface area contributed by atoms with E-state index in [1.807, 2.05) is 21.1 Å². The Morgan fingerprint density at radius 1 is 0.516 bits per heavy atom. The zero-order valence-electron chi connectivity index (χ0n) is 40.3. The molecule has 9 nitrogen and oxygen atoms in total. The van der Waals surface area contributed by atoms with Gasteiger partial charge in [-0.1, -0.05) is 189 Å². The van der Waals surface area contributed by atoms with E-state index in [9.17, 15) is 19.0 Å². The number of phosphoric ester groups is 1. The molecule has 0 heterocycles. The third-order valence-electron chi connectivity index (χ3n) is 10.3. The van der Waals surface area contributed by atoms with Crippen LogP contribution in [-0.4, -0.2) is 74.9 Å². The van der Waals surface area contributed by atoms with Crippen molar-refractivity contribution in [2.75, 3.05) is 47.5 Å². The van der Waals surface area contributed by atoms with Gasteiger partial charge >= 0.3 is 19.8 Å². The largest absolute Gasteiger partial charge is 0.472 e. The Labute approximate surface area is 380 Å². The van der Waals surface area contributed by atoms with Gasteiger partial charge in [0.25, 0.3) is 0 Å². The molecule has 0 spiro atoms. The number of unbranched alkanes of at least 4 members (excludes halogenated alkanes) is 18. The summed E-state index contributed by atoms with van der Waals surface area (Å²) >= 11 is 0. The lowest BCUT2D eigenvalue weighted by atomic mass is 10.1. The SMILES string of the molecule is CC/C=C\C/C=C\C/C=C\C/C=C\C/C=C\C/C=C\CCCCCCCCCCC(=O)OC(COC(=O)CCCCCCCCCCCCC)COP(=O)(O)OCC[N+](C)(C)C. The van der Waals surface area contributed by atoms with Crippen molar-refractivity contribution in [3.8, 4) is 0 Å². The second kappa shape index (κ2) is 43.7. The van der Waals surface area contributed by atoms with Gasteiger partial charge in [-0.3, -0.25) is 18.6 Å². The summed E-state index contributed by atoms with van der Waals surface area (Å²) in [7, 11) is 1.46. The number of carbonyl (C=O) groups excluding carboxylic acids is 2. The van der Waals surface area contributed by atoms with Crippen molar-refractivity contribution in [3.05, 3.63) is 72.9 Å². The lowest BCUT2D eigenvalue weighted by Crippen LogP contribution is -2.37. The maximum atomic E-state index is 12.7. The van der Waals surface area contributed by atoms with Gasteiger partial charge in [-0.15, -0.1) is 0 Å². The van der Waals surface area contributed by atoms with Gasteiger partial charge < -0.3 is 18.9 Å². The molecule has 0 aliphatic rings. The number of ether oxygens (including phenoxy) is 2. The van der Waals surface area contributed by atoms with Crippen LogP contribution in [0.3, 0.4) is 0 Å². The summed E-state index contributed by atoms with van der Waals surface area (Å²) < 4.78 is 34.4. The van der Waals surface area contributed by atoms with Crippen LogP contribution in [0.5, 0.6) is 0 Å². The molecule has 0 aliphatic carbocycles. The Balaban J connectivity index is 4.23. The quantitative estimate of drug-likeness (QED) is 0.0212. The molecule has 0 aromatic carbocycles. The molecule has 2 atom stereocenters. The molecule has 0 bridgehead atoms. The van der Waals surface area contributed by atoms with Crippen LogP contribution in [0, 0.1) is 0 Å². The lowest BCUT2D eigenvalue weighted by molar-refractivity contribution is -0.870. The van der Waals surface area contributed by atoms with Crippen LogP contribution in [0.25, 0.3) is 0 Å². The highest BCUT2D eigenvalue weighted by atomic mass is 31.2. The predicted molar refractivity (Wildman–Crippen MR) is 261 cm³/mol. The van der Waals surface area contributed by atoms with Crippen LogP contribution in [0.15, 0.2) is 72.9 Å². The van der Waals surface area contributed by atoms with Crippen LogP contribution in [0.1, 0.15) is 194 Å². The summed E-state index contributed by atoms with van der Waals surface area (Å²) in [5.74, 6) is -0.810. The average Bonchev–Trinajstić information content (AvgIpc) is 3.23. The van der Waals surface area contributed by atoms with Crippen LogP contribution in [0.2, 0.25) is 0 Å². The van der Waals surface area contributed by atoms with E-state index in [0.29, 0.717) is 17.4 Å². The Kier molecular flexibility index (Phi) is 41.9. The number of allylic oxidation sites excluding steroid dienone is 12. The third-order valence-corrected chi connectivity index (χ3v) is 11.2. The van der Waals surface area contributed by atoms with Crippen LogP contribution in [-0.2, 0) is 32.7 Å². The minimum atomic E-state index is -4.38. The van der Waals surface area contributed by atoms with Gasteiger partial charge in [-0.25, -0.2) is 4.57 Å². The molecule has 0 fully saturated rings. The van der Waals surface area contributed by atoms with E-state index >= 15 is 0 Å². The minimum absolute atomic E-state index is 0.0278. The first-order valence-corrected chi connectivity index (χ1v) is 26.2. The first kappa shape index (κ1) is 59.5. The highest BCUT2D eigenvalue weighted by Crippen LogP contribution is 2.43. The van der Waals surface area contributed by atoms with E-state index in [4.69, 9.17) is 18.5 Å². The zero-order valence-corrected chi connectivity index (χ0v) is 41.2. The molecule has 0 saturated carbocycles. The van der Waals surface area contributed by atoms with Crippen molar-refractivity contribution in [1.82, 2.24) is 0 Å². The van der Waals surface area contributed by atoms with Crippen LogP contribution >= 0.6 is 7.82 Å². The van der Waals surface area contributed by atoms with Crippen molar-refractivity contribution in [2.45, 2.75) is 200 Å². The summed E-state index contributed by atoms with van der Waals surface area (Å²) in [6.45, 7) is 4.29. The first-order valence-electron chi connectivity index (χ1n) is 24.7. The van der Waals surface area contributed by atoms with E-state index < -0.39 is 26.5 Å². The van der Waals surface area contributed by atoms with Crippen molar-refractivity contribution in [2.24, 2.45) is 0 Å². The first-order chi connectivity index (χ1) is 30.0. The Morgan fingerprint density at radius 3 is 1.37 bits per heavy atom. The zero-order chi connectivity index (χ0) is 45.7. The molecule has 0 aromatic heterocycles. The van der Waals surface area contributed by atoms with E-state index in [2.05, 4.69) is 86.8 Å².